The van der Waals surface area contributed by atoms with Gasteiger partial charge < -0.3 is 10.0 Å². The molecule has 1 N–H and O–H groups in total. The fourth-order valence-corrected chi connectivity index (χ4v) is 3.46. The fraction of sp³-hybridized carbons (Fsp3) is 0.318. The van der Waals surface area contributed by atoms with Gasteiger partial charge in [-0.05, 0) is 43.5 Å². The van der Waals surface area contributed by atoms with E-state index in [1.54, 1.807) is 23.4 Å². The number of aliphatic hydroxyl groups is 1. The SMILES string of the molecule is CCCCN1C(=O)C(=O)/C(=C(/O)c2cc(C)ccc2C)C1c1cccnc1. The van der Waals surface area contributed by atoms with Crippen molar-refractivity contribution in [2.24, 2.45) is 0 Å². The number of unbranched alkanes of at least 4 members (excludes halogenated alkanes) is 1. The second-order valence-corrected chi connectivity index (χ2v) is 6.95. The van der Waals surface area contributed by atoms with Gasteiger partial charge in [0.1, 0.15) is 5.76 Å². The molecule has 0 spiro atoms. The van der Waals surface area contributed by atoms with Crippen LogP contribution in [0.15, 0.2) is 48.3 Å². The van der Waals surface area contributed by atoms with Gasteiger partial charge in [0.2, 0.25) is 0 Å². The molecule has 27 heavy (non-hydrogen) atoms. The third-order valence-corrected chi connectivity index (χ3v) is 4.94. The number of aliphatic hydroxyl groups excluding tert-OH is 1. The fourth-order valence-electron chi connectivity index (χ4n) is 3.46. The molecule has 0 aliphatic carbocycles. The van der Waals surface area contributed by atoms with Gasteiger partial charge >= 0.3 is 0 Å². The summed E-state index contributed by atoms with van der Waals surface area (Å²) in [6, 6.07) is 8.67. The molecule has 1 aliphatic heterocycles. The monoisotopic (exact) mass is 364 g/mol. The van der Waals surface area contributed by atoms with E-state index in [-0.39, 0.29) is 11.3 Å². The topological polar surface area (TPSA) is 70.5 Å². The lowest BCUT2D eigenvalue weighted by Crippen LogP contribution is -2.30. The molecule has 1 aliphatic rings. The average Bonchev–Trinajstić information content (AvgIpc) is 2.93. The summed E-state index contributed by atoms with van der Waals surface area (Å²) in [5.41, 5.74) is 3.26. The number of carbonyl (C=O) groups is 2. The van der Waals surface area contributed by atoms with Crippen LogP contribution in [-0.4, -0.2) is 33.2 Å². The van der Waals surface area contributed by atoms with Crippen molar-refractivity contribution in [3.63, 3.8) is 0 Å². The number of aryl methyl sites for hydroxylation is 2. The Morgan fingerprint density at radius 3 is 2.67 bits per heavy atom. The van der Waals surface area contributed by atoms with Gasteiger partial charge in [0, 0.05) is 24.5 Å². The highest BCUT2D eigenvalue weighted by Gasteiger charge is 2.45. The number of benzene rings is 1. The number of nitrogens with zero attached hydrogens (tertiary/aromatic N) is 2. The molecule has 3 rings (SSSR count). The first-order valence-electron chi connectivity index (χ1n) is 9.21. The summed E-state index contributed by atoms with van der Waals surface area (Å²) in [6.45, 7) is 6.30. The van der Waals surface area contributed by atoms with Gasteiger partial charge in [-0.3, -0.25) is 14.6 Å². The number of pyridine rings is 1. The lowest BCUT2D eigenvalue weighted by Gasteiger charge is -2.25. The molecule has 2 aromatic rings. The summed E-state index contributed by atoms with van der Waals surface area (Å²) in [5.74, 6) is -1.33. The van der Waals surface area contributed by atoms with Crippen molar-refractivity contribution < 1.29 is 14.7 Å². The van der Waals surface area contributed by atoms with E-state index in [0.29, 0.717) is 12.1 Å². The maximum atomic E-state index is 12.8. The lowest BCUT2D eigenvalue weighted by molar-refractivity contribution is -0.139. The van der Waals surface area contributed by atoms with Crippen LogP contribution >= 0.6 is 0 Å². The Morgan fingerprint density at radius 1 is 1.22 bits per heavy atom. The average molecular weight is 364 g/mol. The largest absolute Gasteiger partial charge is 0.507 e. The summed E-state index contributed by atoms with van der Waals surface area (Å²) in [5, 5.41) is 11.0. The van der Waals surface area contributed by atoms with Crippen LogP contribution in [0, 0.1) is 13.8 Å². The number of likely N-dealkylation sites (tertiary alicyclic amines) is 1. The van der Waals surface area contributed by atoms with Gasteiger partial charge in [0.25, 0.3) is 11.7 Å². The second-order valence-electron chi connectivity index (χ2n) is 6.95. The predicted octanol–water partition coefficient (Wildman–Crippen LogP) is 3.92. The van der Waals surface area contributed by atoms with Crippen LogP contribution in [0.1, 0.15) is 48.1 Å². The molecule has 5 nitrogen and oxygen atoms in total. The van der Waals surface area contributed by atoms with Crippen molar-refractivity contribution in [1.82, 2.24) is 9.88 Å². The number of carbonyl (C=O) groups excluding carboxylic acids is 2. The van der Waals surface area contributed by atoms with E-state index in [4.69, 9.17) is 0 Å². The van der Waals surface area contributed by atoms with Crippen molar-refractivity contribution in [1.29, 1.82) is 0 Å². The van der Waals surface area contributed by atoms with E-state index >= 15 is 0 Å². The number of aromatic nitrogens is 1. The van der Waals surface area contributed by atoms with E-state index in [2.05, 4.69) is 4.98 Å². The van der Waals surface area contributed by atoms with E-state index in [1.165, 1.54) is 0 Å². The predicted molar refractivity (Wildman–Crippen MR) is 104 cm³/mol. The smallest absolute Gasteiger partial charge is 0.295 e. The molecule has 1 atom stereocenters. The highest BCUT2D eigenvalue weighted by molar-refractivity contribution is 6.46. The number of hydrogen-bond donors (Lipinski definition) is 1. The number of amides is 1. The molecule has 0 radical (unpaired) electrons. The minimum atomic E-state index is -0.640. The molecule has 0 bridgehead atoms. The van der Waals surface area contributed by atoms with Gasteiger partial charge in [-0.1, -0.05) is 37.1 Å². The summed E-state index contributed by atoms with van der Waals surface area (Å²) in [7, 11) is 0. The Balaban J connectivity index is 2.20. The molecule has 1 fully saturated rings. The molecule has 5 heteroatoms. The minimum Gasteiger partial charge on any atom is -0.507 e. The summed E-state index contributed by atoms with van der Waals surface area (Å²) in [6.07, 6.45) is 4.98. The van der Waals surface area contributed by atoms with Crippen LogP contribution in [0.5, 0.6) is 0 Å². The molecular weight excluding hydrogens is 340 g/mol. The van der Waals surface area contributed by atoms with Gasteiger partial charge in [0.05, 0.1) is 11.6 Å². The van der Waals surface area contributed by atoms with Crippen LogP contribution < -0.4 is 0 Å². The highest BCUT2D eigenvalue weighted by atomic mass is 16.3. The molecule has 1 unspecified atom stereocenters. The molecule has 1 amide bonds. The zero-order valence-electron chi connectivity index (χ0n) is 15.9. The van der Waals surface area contributed by atoms with Gasteiger partial charge in [-0.15, -0.1) is 0 Å². The highest BCUT2D eigenvalue weighted by Crippen LogP contribution is 2.39. The van der Waals surface area contributed by atoms with E-state index in [1.807, 2.05) is 45.0 Å². The Morgan fingerprint density at radius 2 is 2.00 bits per heavy atom. The first-order valence-corrected chi connectivity index (χ1v) is 9.21. The number of rotatable bonds is 5. The van der Waals surface area contributed by atoms with Crippen molar-refractivity contribution in [2.45, 2.75) is 39.7 Å². The molecule has 0 saturated carbocycles. The van der Waals surface area contributed by atoms with E-state index in [9.17, 15) is 14.7 Å². The molecule has 2 heterocycles. The van der Waals surface area contributed by atoms with E-state index < -0.39 is 17.7 Å². The molecular formula is C22H24N2O3. The molecule has 1 aromatic heterocycles. The Bertz CT molecular complexity index is 903. The maximum absolute atomic E-state index is 12.8. The normalized spacial score (nSPS) is 18.9. The molecule has 1 aromatic carbocycles. The summed E-state index contributed by atoms with van der Waals surface area (Å²) >= 11 is 0. The van der Waals surface area contributed by atoms with Crippen molar-refractivity contribution in [3.05, 3.63) is 70.6 Å². The van der Waals surface area contributed by atoms with Crippen LogP contribution in [0.4, 0.5) is 0 Å². The third kappa shape index (κ3) is 3.50. The maximum Gasteiger partial charge on any atom is 0.295 e. The van der Waals surface area contributed by atoms with Crippen molar-refractivity contribution in [2.75, 3.05) is 6.54 Å². The Hall–Kier alpha value is -2.95. The van der Waals surface area contributed by atoms with Gasteiger partial charge in [0.15, 0.2) is 0 Å². The lowest BCUT2D eigenvalue weighted by atomic mass is 9.94. The standard InChI is InChI=1S/C22H24N2O3/c1-4-5-11-24-19(16-7-6-10-23-13-16)18(21(26)22(24)27)20(25)17-12-14(2)8-9-15(17)3/h6-10,12-13,19,25H,4-5,11H2,1-3H3/b20-18+. The number of Topliss-reactive ketones (excluding diaryl/α,β-unsaturated/α-hetero) is 1. The van der Waals surface area contributed by atoms with Crippen molar-refractivity contribution >= 4 is 17.4 Å². The second kappa shape index (κ2) is 7.74. The van der Waals surface area contributed by atoms with Gasteiger partial charge in [-0.25, -0.2) is 0 Å². The number of hydrogen-bond acceptors (Lipinski definition) is 4. The van der Waals surface area contributed by atoms with Crippen LogP contribution in [0.25, 0.3) is 5.76 Å². The van der Waals surface area contributed by atoms with Crippen LogP contribution in [0.3, 0.4) is 0 Å². The summed E-state index contributed by atoms with van der Waals surface area (Å²) < 4.78 is 0. The van der Waals surface area contributed by atoms with Crippen LogP contribution in [-0.2, 0) is 9.59 Å². The first kappa shape index (κ1) is 18.8. The van der Waals surface area contributed by atoms with Crippen LogP contribution in [0.2, 0.25) is 0 Å². The Kier molecular flexibility index (Phi) is 5.40. The van der Waals surface area contributed by atoms with Crippen molar-refractivity contribution in [3.8, 4) is 0 Å². The zero-order chi connectivity index (χ0) is 19.6. The molecule has 1 saturated heterocycles. The number of ketones is 1. The summed E-state index contributed by atoms with van der Waals surface area (Å²) in [4.78, 5) is 31.2. The zero-order valence-corrected chi connectivity index (χ0v) is 15.9. The minimum absolute atomic E-state index is 0.123. The van der Waals surface area contributed by atoms with E-state index in [0.717, 1.165) is 29.5 Å². The first-order chi connectivity index (χ1) is 13.0. The third-order valence-electron chi connectivity index (χ3n) is 4.94. The molecule has 140 valence electrons. The quantitative estimate of drug-likeness (QED) is 0.496. The Labute approximate surface area is 159 Å². The van der Waals surface area contributed by atoms with Gasteiger partial charge in [-0.2, -0.15) is 0 Å².